The molecule has 0 aromatic rings. The number of rotatable bonds is 52. The Morgan fingerprint density at radius 1 is 0.233 bits per heavy atom. The highest BCUT2D eigenvalue weighted by molar-refractivity contribution is 5.91. The lowest BCUT2D eigenvalue weighted by Crippen LogP contribution is -2.06. The molecule has 0 fully saturated rings. The van der Waals surface area contributed by atoms with Crippen molar-refractivity contribution in [3.8, 4) is 0 Å². The van der Waals surface area contributed by atoms with Gasteiger partial charge in [0.1, 0.15) is 0 Å². The van der Waals surface area contributed by atoms with Crippen LogP contribution in [0.2, 0.25) is 0 Å². The van der Waals surface area contributed by atoms with Crippen molar-refractivity contribution in [3.63, 3.8) is 0 Å². The largest absolute Gasteiger partial charge is 0.463 e. The summed E-state index contributed by atoms with van der Waals surface area (Å²) >= 11 is 0. The van der Waals surface area contributed by atoms with Gasteiger partial charge in [-0.25, -0.2) is 9.59 Å². The standard InChI is InChI=1S/C56H108O4/c1-3-5-7-9-11-13-15-17-19-21-23-25-27-29-31-33-35-37-39-41-43-45-47-49-53-59-55(57)51-52-56(58)60-54-50-48-46-44-42-40-38-36-34-32-30-28-26-24-22-20-18-16-14-12-10-8-6-4-2/h51-52H,3-50,53-54H2,1-2H3/b52-51+. The van der Waals surface area contributed by atoms with Gasteiger partial charge >= 0.3 is 11.9 Å². The Hall–Kier alpha value is -1.32. The van der Waals surface area contributed by atoms with Gasteiger partial charge in [0.2, 0.25) is 0 Å². The van der Waals surface area contributed by atoms with Gasteiger partial charge in [-0.2, -0.15) is 0 Å². The van der Waals surface area contributed by atoms with Crippen molar-refractivity contribution in [2.24, 2.45) is 0 Å². The SMILES string of the molecule is CCCCCCCCCCCCCCCCCCCCCCCCCCOC(=O)/C=C/C(=O)OCCCCCCCCCCCCCCCCCCCCCCCCCC. The summed E-state index contributed by atoms with van der Waals surface area (Å²) in [6.07, 6.45) is 68.3. The lowest BCUT2D eigenvalue weighted by atomic mass is 10.0. The van der Waals surface area contributed by atoms with Crippen LogP contribution in [-0.4, -0.2) is 25.2 Å². The van der Waals surface area contributed by atoms with Crippen LogP contribution < -0.4 is 0 Å². The summed E-state index contributed by atoms with van der Waals surface area (Å²) in [7, 11) is 0. The van der Waals surface area contributed by atoms with Crippen LogP contribution in [0.3, 0.4) is 0 Å². The van der Waals surface area contributed by atoms with Crippen molar-refractivity contribution in [2.75, 3.05) is 13.2 Å². The number of hydrogen-bond acceptors (Lipinski definition) is 4. The van der Waals surface area contributed by atoms with E-state index in [9.17, 15) is 9.59 Å². The first kappa shape index (κ1) is 58.7. The van der Waals surface area contributed by atoms with Crippen LogP contribution >= 0.6 is 0 Å². The van der Waals surface area contributed by atoms with Crippen LogP contribution in [0.5, 0.6) is 0 Å². The van der Waals surface area contributed by atoms with Gasteiger partial charge in [0, 0.05) is 12.2 Å². The van der Waals surface area contributed by atoms with Crippen LogP contribution in [0.15, 0.2) is 12.2 Å². The molecule has 0 N–H and O–H groups in total. The Balaban J connectivity index is 3.27. The number of carbonyl (C=O) groups is 2. The van der Waals surface area contributed by atoms with Crippen molar-refractivity contribution in [2.45, 2.75) is 322 Å². The highest BCUT2D eigenvalue weighted by Gasteiger charge is 2.03. The summed E-state index contributed by atoms with van der Waals surface area (Å²) in [4.78, 5) is 23.9. The molecule has 4 heteroatoms. The molecule has 0 unspecified atom stereocenters. The van der Waals surface area contributed by atoms with Crippen LogP contribution in [0.1, 0.15) is 322 Å². The molecule has 0 aliphatic carbocycles. The molecule has 0 atom stereocenters. The Bertz CT molecular complexity index is 784. The second kappa shape index (κ2) is 53.8. The van der Waals surface area contributed by atoms with E-state index in [1.165, 1.54) is 295 Å². The van der Waals surface area contributed by atoms with Crippen molar-refractivity contribution in [3.05, 3.63) is 12.2 Å². The fourth-order valence-corrected chi connectivity index (χ4v) is 8.71. The minimum atomic E-state index is -0.448. The molecule has 0 spiro atoms. The summed E-state index contributed by atoms with van der Waals surface area (Å²) in [5, 5.41) is 0. The topological polar surface area (TPSA) is 52.6 Å². The first-order chi connectivity index (χ1) is 29.7. The molecule has 4 nitrogen and oxygen atoms in total. The third-order valence-corrected chi connectivity index (χ3v) is 12.8. The minimum Gasteiger partial charge on any atom is -0.463 e. The van der Waals surface area contributed by atoms with E-state index in [2.05, 4.69) is 13.8 Å². The fraction of sp³-hybridized carbons (Fsp3) is 0.929. The summed E-state index contributed by atoms with van der Waals surface area (Å²) in [6, 6.07) is 0. The summed E-state index contributed by atoms with van der Waals surface area (Å²) in [5.41, 5.74) is 0. The number of unbranched alkanes of at least 4 members (excludes halogenated alkanes) is 46. The molecule has 356 valence electrons. The molecule has 0 aromatic carbocycles. The van der Waals surface area contributed by atoms with E-state index in [0.717, 1.165) is 25.7 Å². The molecular formula is C56H108O4. The molecule has 0 amide bonds. The molecule has 0 heterocycles. The minimum absolute atomic E-state index is 0.428. The predicted octanol–water partition coefficient (Wildman–Crippen LogP) is 19.4. The maximum Gasteiger partial charge on any atom is 0.331 e. The Labute approximate surface area is 377 Å². The van der Waals surface area contributed by atoms with E-state index in [1.54, 1.807) is 0 Å². The molecule has 0 bridgehead atoms. The first-order valence-corrected chi connectivity index (χ1v) is 27.7. The molecular weight excluding hydrogens is 737 g/mol. The van der Waals surface area contributed by atoms with E-state index in [1.807, 2.05) is 0 Å². The smallest absolute Gasteiger partial charge is 0.331 e. The van der Waals surface area contributed by atoms with Gasteiger partial charge in [0.15, 0.2) is 0 Å². The average Bonchev–Trinajstić information content (AvgIpc) is 3.25. The van der Waals surface area contributed by atoms with Crippen molar-refractivity contribution < 1.29 is 19.1 Å². The van der Waals surface area contributed by atoms with E-state index in [0.29, 0.717) is 13.2 Å². The zero-order valence-corrected chi connectivity index (χ0v) is 41.1. The van der Waals surface area contributed by atoms with E-state index in [-0.39, 0.29) is 0 Å². The molecule has 0 saturated carbocycles. The average molecular weight is 845 g/mol. The zero-order valence-electron chi connectivity index (χ0n) is 41.1. The maximum absolute atomic E-state index is 11.9. The molecule has 0 aromatic heterocycles. The zero-order chi connectivity index (χ0) is 43.3. The van der Waals surface area contributed by atoms with E-state index >= 15 is 0 Å². The highest BCUT2D eigenvalue weighted by atomic mass is 16.5. The lowest BCUT2D eigenvalue weighted by molar-refractivity contribution is -0.140. The van der Waals surface area contributed by atoms with Crippen LogP contribution in [-0.2, 0) is 19.1 Å². The third kappa shape index (κ3) is 52.8. The number of ether oxygens (including phenoxy) is 2. The molecule has 0 rings (SSSR count). The van der Waals surface area contributed by atoms with Crippen molar-refractivity contribution >= 4 is 11.9 Å². The monoisotopic (exact) mass is 845 g/mol. The predicted molar refractivity (Wildman–Crippen MR) is 264 cm³/mol. The fourth-order valence-electron chi connectivity index (χ4n) is 8.71. The van der Waals surface area contributed by atoms with Gasteiger partial charge in [-0.3, -0.25) is 0 Å². The molecule has 0 aliphatic rings. The second-order valence-corrected chi connectivity index (χ2v) is 18.9. The van der Waals surface area contributed by atoms with Gasteiger partial charge < -0.3 is 9.47 Å². The van der Waals surface area contributed by atoms with E-state index in [4.69, 9.17) is 9.47 Å². The van der Waals surface area contributed by atoms with Crippen molar-refractivity contribution in [1.82, 2.24) is 0 Å². The first-order valence-electron chi connectivity index (χ1n) is 27.7. The molecule has 0 saturated heterocycles. The second-order valence-electron chi connectivity index (χ2n) is 18.9. The van der Waals surface area contributed by atoms with Crippen molar-refractivity contribution in [1.29, 1.82) is 0 Å². The number of esters is 2. The molecule has 0 radical (unpaired) electrons. The van der Waals surface area contributed by atoms with Gasteiger partial charge in [-0.15, -0.1) is 0 Å². The summed E-state index contributed by atoms with van der Waals surface area (Å²) in [5.74, 6) is -0.897. The normalized spacial score (nSPS) is 11.6. The lowest BCUT2D eigenvalue weighted by Gasteiger charge is -2.05. The number of carbonyl (C=O) groups excluding carboxylic acids is 2. The molecule has 0 aliphatic heterocycles. The van der Waals surface area contributed by atoms with Gasteiger partial charge in [0.05, 0.1) is 13.2 Å². The maximum atomic E-state index is 11.9. The van der Waals surface area contributed by atoms with Gasteiger partial charge in [-0.05, 0) is 12.8 Å². The molecule has 60 heavy (non-hydrogen) atoms. The van der Waals surface area contributed by atoms with Crippen LogP contribution in [0, 0.1) is 0 Å². The summed E-state index contributed by atoms with van der Waals surface area (Å²) < 4.78 is 10.5. The Kier molecular flexibility index (Phi) is 52.6. The van der Waals surface area contributed by atoms with Gasteiger partial charge in [0.25, 0.3) is 0 Å². The van der Waals surface area contributed by atoms with E-state index < -0.39 is 11.9 Å². The third-order valence-electron chi connectivity index (χ3n) is 12.8. The van der Waals surface area contributed by atoms with Crippen LogP contribution in [0.4, 0.5) is 0 Å². The Morgan fingerprint density at radius 3 is 0.517 bits per heavy atom. The highest BCUT2D eigenvalue weighted by Crippen LogP contribution is 2.18. The van der Waals surface area contributed by atoms with Gasteiger partial charge in [-0.1, -0.05) is 309 Å². The Morgan fingerprint density at radius 2 is 0.367 bits per heavy atom. The number of hydrogen-bond donors (Lipinski definition) is 0. The summed E-state index contributed by atoms with van der Waals surface area (Å²) in [6.45, 7) is 5.45. The van der Waals surface area contributed by atoms with Crippen LogP contribution in [0.25, 0.3) is 0 Å². The quantitative estimate of drug-likeness (QED) is 0.0348.